The molecular weight excluding hydrogens is 326 g/mol. The van der Waals surface area contributed by atoms with Gasteiger partial charge in [0.2, 0.25) is 0 Å². The number of carbonyl (C=O) groups excluding carboxylic acids is 1. The van der Waals surface area contributed by atoms with E-state index in [1.54, 1.807) is 7.11 Å². The smallest absolute Gasteiger partial charge is 0.253 e. The summed E-state index contributed by atoms with van der Waals surface area (Å²) < 4.78 is 5.24. The second-order valence-corrected chi connectivity index (χ2v) is 6.95. The summed E-state index contributed by atoms with van der Waals surface area (Å²) in [5.74, 6) is 1.28. The zero-order valence-electron chi connectivity index (χ0n) is 14.9. The summed E-state index contributed by atoms with van der Waals surface area (Å²) in [5.41, 5.74) is 2.85. The van der Waals surface area contributed by atoms with Crippen molar-refractivity contribution in [2.45, 2.75) is 19.3 Å². The van der Waals surface area contributed by atoms with Gasteiger partial charge in [0, 0.05) is 36.4 Å². The average Bonchev–Trinajstić information content (AvgIpc) is 3.15. The van der Waals surface area contributed by atoms with E-state index < -0.39 is 0 Å². The number of hydrogen-bond donors (Lipinski definition) is 1. The number of pyridine rings is 1. The SMILES string of the molecule is COc1cccc(C(=O)N2CCCC(Cc3cnc4[nH]ccc4c3)C2)c1. The van der Waals surface area contributed by atoms with Gasteiger partial charge in [-0.1, -0.05) is 6.07 Å². The Balaban J connectivity index is 1.45. The first-order valence-corrected chi connectivity index (χ1v) is 9.08. The highest BCUT2D eigenvalue weighted by atomic mass is 16.5. The fraction of sp³-hybridized carbons (Fsp3) is 0.333. The molecule has 1 aliphatic rings. The lowest BCUT2D eigenvalue weighted by Crippen LogP contribution is -2.40. The third-order valence-electron chi connectivity index (χ3n) is 5.10. The minimum absolute atomic E-state index is 0.0906. The molecule has 0 saturated carbocycles. The fourth-order valence-corrected chi connectivity index (χ4v) is 3.79. The molecule has 1 aromatic carbocycles. The molecule has 1 saturated heterocycles. The van der Waals surface area contributed by atoms with Gasteiger partial charge in [0.1, 0.15) is 11.4 Å². The van der Waals surface area contributed by atoms with Crippen LogP contribution in [0.4, 0.5) is 0 Å². The van der Waals surface area contributed by atoms with E-state index in [0.29, 0.717) is 11.5 Å². The summed E-state index contributed by atoms with van der Waals surface area (Å²) in [6.07, 6.45) is 7.00. The second kappa shape index (κ2) is 7.20. The standard InChI is InChI=1S/C21H23N3O2/c1-26-19-6-2-5-18(12-19)21(25)24-9-3-4-15(14-24)10-16-11-17-7-8-22-20(17)23-13-16/h2,5-8,11-13,15H,3-4,9-10,14H2,1H3,(H,22,23). The van der Waals surface area contributed by atoms with E-state index in [0.717, 1.165) is 49.1 Å². The molecule has 1 fully saturated rings. The van der Waals surface area contributed by atoms with Gasteiger partial charge in [0.15, 0.2) is 0 Å². The van der Waals surface area contributed by atoms with Crippen molar-refractivity contribution in [3.63, 3.8) is 0 Å². The first-order valence-electron chi connectivity index (χ1n) is 9.08. The minimum atomic E-state index is 0.0906. The molecule has 0 radical (unpaired) electrons. The Kier molecular flexibility index (Phi) is 4.61. The molecule has 2 aromatic heterocycles. The number of likely N-dealkylation sites (tertiary alicyclic amines) is 1. The Hall–Kier alpha value is -2.82. The number of nitrogens with zero attached hydrogens (tertiary/aromatic N) is 2. The van der Waals surface area contributed by atoms with Gasteiger partial charge < -0.3 is 14.6 Å². The first-order chi connectivity index (χ1) is 12.7. The van der Waals surface area contributed by atoms with Gasteiger partial charge >= 0.3 is 0 Å². The van der Waals surface area contributed by atoms with Crippen LogP contribution in [-0.4, -0.2) is 41.0 Å². The number of carbonyl (C=O) groups is 1. The number of aromatic nitrogens is 2. The van der Waals surface area contributed by atoms with Crippen molar-refractivity contribution in [2.24, 2.45) is 5.92 Å². The second-order valence-electron chi connectivity index (χ2n) is 6.95. The maximum atomic E-state index is 12.9. The number of nitrogens with one attached hydrogen (secondary N) is 1. The Morgan fingerprint density at radius 1 is 1.35 bits per heavy atom. The van der Waals surface area contributed by atoms with Crippen molar-refractivity contribution in [3.05, 3.63) is 59.9 Å². The summed E-state index contributed by atoms with van der Waals surface area (Å²) in [4.78, 5) is 22.4. The van der Waals surface area contributed by atoms with Gasteiger partial charge in [-0.15, -0.1) is 0 Å². The molecule has 4 rings (SSSR count). The van der Waals surface area contributed by atoms with Crippen LogP contribution < -0.4 is 4.74 Å². The van der Waals surface area contributed by atoms with Crippen LogP contribution >= 0.6 is 0 Å². The molecule has 3 heterocycles. The molecule has 1 atom stereocenters. The predicted molar refractivity (Wildman–Crippen MR) is 101 cm³/mol. The number of methoxy groups -OCH3 is 1. The number of aromatic amines is 1. The monoisotopic (exact) mass is 349 g/mol. The summed E-state index contributed by atoms with van der Waals surface area (Å²) in [6, 6.07) is 11.6. The highest BCUT2D eigenvalue weighted by molar-refractivity contribution is 5.94. The number of amides is 1. The fourth-order valence-electron chi connectivity index (χ4n) is 3.79. The van der Waals surface area contributed by atoms with E-state index in [1.807, 2.05) is 47.6 Å². The Labute approximate surface area is 153 Å². The van der Waals surface area contributed by atoms with Crippen LogP contribution in [0.15, 0.2) is 48.8 Å². The lowest BCUT2D eigenvalue weighted by Gasteiger charge is -2.33. The molecule has 1 unspecified atom stereocenters. The van der Waals surface area contributed by atoms with E-state index in [1.165, 1.54) is 5.56 Å². The number of piperidine rings is 1. The Morgan fingerprint density at radius 3 is 3.15 bits per heavy atom. The normalized spacial score (nSPS) is 17.4. The highest BCUT2D eigenvalue weighted by Crippen LogP contribution is 2.24. The van der Waals surface area contributed by atoms with Gasteiger partial charge in [0.05, 0.1) is 7.11 Å². The Morgan fingerprint density at radius 2 is 2.27 bits per heavy atom. The maximum Gasteiger partial charge on any atom is 0.253 e. The lowest BCUT2D eigenvalue weighted by atomic mass is 9.91. The zero-order valence-corrected chi connectivity index (χ0v) is 14.9. The van der Waals surface area contributed by atoms with Crippen LogP contribution in [0.25, 0.3) is 11.0 Å². The van der Waals surface area contributed by atoms with E-state index in [9.17, 15) is 4.79 Å². The maximum absolute atomic E-state index is 12.9. The van der Waals surface area contributed by atoms with Crippen molar-refractivity contribution in [2.75, 3.05) is 20.2 Å². The van der Waals surface area contributed by atoms with Crippen molar-refractivity contribution < 1.29 is 9.53 Å². The largest absolute Gasteiger partial charge is 0.497 e. The van der Waals surface area contributed by atoms with Gasteiger partial charge in [-0.3, -0.25) is 4.79 Å². The quantitative estimate of drug-likeness (QED) is 0.782. The molecular formula is C21H23N3O2. The summed E-state index contributed by atoms with van der Waals surface area (Å²) in [7, 11) is 1.62. The van der Waals surface area contributed by atoms with E-state index in [-0.39, 0.29) is 5.91 Å². The third-order valence-corrected chi connectivity index (χ3v) is 5.10. The molecule has 1 aliphatic heterocycles. The van der Waals surface area contributed by atoms with Crippen LogP contribution in [0.1, 0.15) is 28.8 Å². The molecule has 0 aliphatic carbocycles. The highest BCUT2D eigenvalue weighted by Gasteiger charge is 2.25. The van der Waals surface area contributed by atoms with Gasteiger partial charge in [-0.25, -0.2) is 4.98 Å². The number of hydrogen-bond acceptors (Lipinski definition) is 3. The number of rotatable bonds is 4. The van der Waals surface area contributed by atoms with Crippen LogP contribution in [0.3, 0.4) is 0 Å². The molecule has 5 heteroatoms. The number of ether oxygens (including phenoxy) is 1. The molecule has 5 nitrogen and oxygen atoms in total. The molecule has 0 bridgehead atoms. The van der Waals surface area contributed by atoms with Crippen LogP contribution in [0.2, 0.25) is 0 Å². The zero-order chi connectivity index (χ0) is 17.9. The Bertz CT molecular complexity index is 918. The molecule has 1 N–H and O–H groups in total. The van der Waals surface area contributed by atoms with E-state index in [4.69, 9.17) is 4.74 Å². The molecule has 1 amide bonds. The van der Waals surface area contributed by atoms with Crippen LogP contribution in [-0.2, 0) is 6.42 Å². The third kappa shape index (κ3) is 3.43. The average molecular weight is 349 g/mol. The van der Waals surface area contributed by atoms with Crippen molar-refractivity contribution in [1.82, 2.24) is 14.9 Å². The molecule has 3 aromatic rings. The van der Waals surface area contributed by atoms with Crippen LogP contribution in [0.5, 0.6) is 5.75 Å². The first kappa shape index (κ1) is 16.6. The predicted octanol–water partition coefficient (Wildman–Crippen LogP) is 3.67. The van der Waals surface area contributed by atoms with Gasteiger partial charge in [-0.2, -0.15) is 0 Å². The number of H-pyrrole nitrogens is 1. The molecule has 0 spiro atoms. The summed E-state index contributed by atoms with van der Waals surface area (Å²) >= 11 is 0. The van der Waals surface area contributed by atoms with E-state index >= 15 is 0 Å². The van der Waals surface area contributed by atoms with Crippen molar-refractivity contribution in [3.8, 4) is 5.75 Å². The van der Waals surface area contributed by atoms with Crippen LogP contribution in [0, 0.1) is 5.92 Å². The van der Waals surface area contributed by atoms with Gasteiger partial charge in [0.25, 0.3) is 5.91 Å². The van der Waals surface area contributed by atoms with E-state index in [2.05, 4.69) is 16.0 Å². The lowest BCUT2D eigenvalue weighted by molar-refractivity contribution is 0.0673. The minimum Gasteiger partial charge on any atom is -0.497 e. The topological polar surface area (TPSA) is 58.2 Å². The number of benzene rings is 1. The van der Waals surface area contributed by atoms with Gasteiger partial charge in [-0.05, 0) is 61.1 Å². The summed E-state index contributed by atoms with van der Waals surface area (Å²) in [6.45, 7) is 1.61. The van der Waals surface area contributed by atoms with Crippen molar-refractivity contribution in [1.29, 1.82) is 0 Å². The summed E-state index contributed by atoms with van der Waals surface area (Å²) in [5, 5.41) is 1.14. The number of fused-ring (bicyclic) bond motifs is 1. The molecule has 134 valence electrons. The van der Waals surface area contributed by atoms with Crippen molar-refractivity contribution >= 4 is 16.9 Å². The molecule has 26 heavy (non-hydrogen) atoms.